The molecular formula is C22H19N3OS. The van der Waals surface area contributed by atoms with Gasteiger partial charge in [-0.1, -0.05) is 54.2 Å². The van der Waals surface area contributed by atoms with Crippen molar-refractivity contribution in [3.8, 4) is 0 Å². The van der Waals surface area contributed by atoms with Crippen molar-refractivity contribution < 1.29 is 4.79 Å². The van der Waals surface area contributed by atoms with Crippen LogP contribution in [0.4, 0.5) is 5.69 Å². The summed E-state index contributed by atoms with van der Waals surface area (Å²) >= 11 is 1.65. The molecule has 0 aliphatic rings. The first kappa shape index (κ1) is 17.4. The van der Waals surface area contributed by atoms with E-state index in [0.29, 0.717) is 5.56 Å². The third kappa shape index (κ3) is 4.04. The molecule has 0 saturated heterocycles. The van der Waals surface area contributed by atoms with E-state index >= 15 is 0 Å². The van der Waals surface area contributed by atoms with Gasteiger partial charge in [0.15, 0.2) is 5.16 Å². The normalized spacial score (nSPS) is 10.9. The van der Waals surface area contributed by atoms with E-state index in [1.54, 1.807) is 11.8 Å². The lowest BCUT2D eigenvalue weighted by Gasteiger charge is -2.08. The van der Waals surface area contributed by atoms with E-state index in [-0.39, 0.29) is 5.91 Å². The van der Waals surface area contributed by atoms with Crippen LogP contribution in [0.2, 0.25) is 0 Å². The fourth-order valence-corrected chi connectivity index (χ4v) is 3.65. The van der Waals surface area contributed by atoms with E-state index in [4.69, 9.17) is 0 Å². The molecule has 27 heavy (non-hydrogen) atoms. The van der Waals surface area contributed by atoms with E-state index in [1.165, 1.54) is 0 Å². The number of anilines is 1. The fraction of sp³-hybridized carbons (Fsp3) is 0.0909. The molecule has 0 aliphatic carbocycles. The second-order valence-electron chi connectivity index (χ2n) is 6.31. The third-order valence-electron chi connectivity index (χ3n) is 4.35. The van der Waals surface area contributed by atoms with Crippen LogP contribution in [0.1, 0.15) is 21.5 Å². The Morgan fingerprint density at radius 3 is 2.52 bits per heavy atom. The summed E-state index contributed by atoms with van der Waals surface area (Å²) in [7, 11) is 0. The van der Waals surface area contributed by atoms with Crippen LogP contribution in [-0.4, -0.2) is 15.9 Å². The largest absolute Gasteiger partial charge is 0.333 e. The number of carbonyl (C=O) groups excluding carboxylic acids is 1. The van der Waals surface area contributed by atoms with Crippen molar-refractivity contribution in [2.24, 2.45) is 0 Å². The summed E-state index contributed by atoms with van der Waals surface area (Å²) in [4.78, 5) is 20.3. The Morgan fingerprint density at radius 2 is 1.74 bits per heavy atom. The molecule has 0 bridgehead atoms. The zero-order valence-electron chi connectivity index (χ0n) is 14.9. The van der Waals surface area contributed by atoms with Crippen LogP contribution in [0.15, 0.2) is 78.0 Å². The summed E-state index contributed by atoms with van der Waals surface area (Å²) in [5.74, 6) is 0.695. The fourth-order valence-electron chi connectivity index (χ4n) is 2.81. The van der Waals surface area contributed by atoms with Gasteiger partial charge in [-0.05, 0) is 48.4 Å². The number of benzene rings is 3. The molecule has 0 atom stereocenters. The Balaban J connectivity index is 1.39. The van der Waals surface area contributed by atoms with Crippen LogP contribution in [0, 0.1) is 6.92 Å². The molecule has 4 aromatic rings. The van der Waals surface area contributed by atoms with Crippen molar-refractivity contribution in [1.29, 1.82) is 0 Å². The maximum absolute atomic E-state index is 12.4. The zero-order valence-corrected chi connectivity index (χ0v) is 15.7. The molecule has 4 rings (SSSR count). The summed E-state index contributed by atoms with van der Waals surface area (Å²) in [5.41, 5.74) is 5.70. The van der Waals surface area contributed by atoms with Crippen molar-refractivity contribution in [2.75, 3.05) is 5.32 Å². The number of fused-ring (bicyclic) bond motifs is 1. The molecule has 0 radical (unpaired) electrons. The highest BCUT2D eigenvalue weighted by atomic mass is 32.2. The average Bonchev–Trinajstić information content (AvgIpc) is 3.11. The topological polar surface area (TPSA) is 57.8 Å². The summed E-state index contributed by atoms with van der Waals surface area (Å²) < 4.78 is 0. The number of aryl methyl sites for hydroxylation is 1. The molecule has 3 aromatic carbocycles. The minimum Gasteiger partial charge on any atom is -0.333 e. The second kappa shape index (κ2) is 7.68. The molecular weight excluding hydrogens is 354 g/mol. The molecule has 0 fully saturated rings. The van der Waals surface area contributed by atoms with Crippen molar-refractivity contribution in [2.45, 2.75) is 17.8 Å². The number of imidazole rings is 1. The van der Waals surface area contributed by atoms with Crippen LogP contribution >= 0.6 is 11.8 Å². The lowest BCUT2D eigenvalue weighted by atomic mass is 10.1. The Labute approximate surface area is 162 Å². The lowest BCUT2D eigenvalue weighted by molar-refractivity contribution is 0.102. The maximum atomic E-state index is 12.4. The van der Waals surface area contributed by atoms with Gasteiger partial charge in [-0.2, -0.15) is 0 Å². The standard InChI is InChI=1S/C22H19N3OS/c1-15-6-2-3-7-18(15)23-21(26)17-12-10-16(11-13-17)14-27-22-24-19-8-4-5-9-20(19)25-22/h2-13H,14H2,1H3,(H,23,26)(H,24,25). The smallest absolute Gasteiger partial charge is 0.255 e. The monoisotopic (exact) mass is 373 g/mol. The van der Waals surface area contributed by atoms with Crippen molar-refractivity contribution >= 4 is 34.4 Å². The van der Waals surface area contributed by atoms with Gasteiger partial charge in [-0.15, -0.1) is 0 Å². The number of aromatic nitrogens is 2. The molecule has 1 aromatic heterocycles. The molecule has 0 spiro atoms. The van der Waals surface area contributed by atoms with Gasteiger partial charge in [0.05, 0.1) is 11.0 Å². The SMILES string of the molecule is Cc1ccccc1NC(=O)c1ccc(CSc2nc3ccccc3[nH]2)cc1. The first-order valence-corrected chi connectivity index (χ1v) is 9.71. The van der Waals surface area contributed by atoms with Gasteiger partial charge in [-0.25, -0.2) is 4.98 Å². The van der Waals surface area contributed by atoms with Gasteiger partial charge in [0.1, 0.15) is 0 Å². The van der Waals surface area contributed by atoms with Crippen molar-refractivity contribution in [1.82, 2.24) is 9.97 Å². The van der Waals surface area contributed by atoms with E-state index < -0.39 is 0 Å². The number of rotatable bonds is 5. The highest BCUT2D eigenvalue weighted by Gasteiger charge is 2.08. The van der Waals surface area contributed by atoms with Gasteiger partial charge in [0.25, 0.3) is 5.91 Å². The van der Waals surface area contributed by atoms with E-state index in [2.05, 4.69) is 15.3 Å². The van der Waals surface area contributed by atoms with Crippen LogP contribution in [0.5, 0.6) is 0 Å². The molecule has 4 nitrogen and oxygen atoms in total. The number of hydrogen-bond acceptors (Lipinski definition) is 3. The van der Waals surface area contributed by atoms with Crippen LogP contribution in [0.3, 0.4) is 0 Å². The number of thioether (sulfide) groups is 1. The molecule has 1 heterocycles. The predicted molar refractivity (Wildman–Crippen MR) is 111 cm³/mol. The number of carbonyl (C=O) groups is 1. The molecule has 1 amide bonds. The number of H-pyrrole nitrogens is 1. The van der Waals surface area contributed by atoms with Gasteiger partial charge in [0, 0.05) is 17.0 Å². The summed E-state index contributed by atoms with van der Waals surface area (Å²) in [5, 5.41) is 3.86. The molecule has 5 heteroatoms. The quantitative estimate of drug-likeness (QED) is 0.460. The number of amides is 1. The van der Waals surface area contributed by atoms with Crippen LogP contribution < -0.4 is 5.32 Å². The number of hydrogen-bond donors (Lipinski definition) is 2. The van der Waals surface area contributed by atoms with Gasteiger partial charge in [0.2, 0.25) is 0 Å². The molecule has 0 aliphatic heterocycles. The minimum absolute atomic E-state index is 0.0965. The third-order valence-corrected chi connectivity index (χ3v) is 5.30. The highest BCUT2D eigenvalue weighted by molar-refractivity contribution is 7.98. The van der Waals surface area contributed by atoms with Gasteiger partial charge >= 0.3 is 0 Å². The van der Waals surface area contributed by atoms with Gasteiger partial charge in [-0.3, -0.25) is 4.79 Å². The van der Waals surface area contributed by atoms with E-state index in [9.17, 15) is 4.79 Å². The Morgan fingerprint density at radius 1 is 1.00 bits per heavy atom. The van der Waals surface area contributed by atoms with Gasteiger partial charge < -0.3 is 10.3 Å². The average molecular weight is 373 g/mol. The summed E-state index contributed by atoms with van der Waals surface area (Å²) in [6.07, 6.45) is 0. The number of nitrogens with one attached hydrogen (secondary N) is 2. The first-order valence-electron chi connectivity index (χ1n) is 8.72. The van der Waals surface area contributed by atoms with Crippen LogP contribution in [-0.2, 0) is 5.75 Å². The van der Waals surface area contributed by atoms with E-state index in [1.807, 2.05) is 79.7 Å². The Hall–Kier alpha value is -3.05. The lowest BCUT2D eigenvalue weighted by Crippen LogP contribution is -2.12. The maximum Gasteiger partial charge on any atom is 0.255 e. The summed E-state index contributed by atoms with van der Waals surface area (Å²) in [6.45, 7) is 1.98. The van der Waals surface area contributed by atoms with Crippen molar-refractivity contribution in [3.05, 3.63) is 89.5 Å². The molecule has 2 N–H and O–H groups in total. The molecule has 0 unspecified atom stereocenters. The first-order chi connectivity index (χ1) is 13.2. The van der Waals surface area contributed by atoms with Crippen molar-refractivity contribution in [3.63, 3.8) is 0 Å². The number of para-hydroxylation sites is 3. The van der Waals surface area contributed by atoms with E-state index in [0.717, 1.165) is 38.8 Å². The number of aromatic amines is 1. The van der Waals surface area contributed by atoms with Crippen LogP contribution in [0.25, 0.3) is 11.0 Å². The Bertz CT molecular complexity index is 1050. The molecule has 0 saturated carbocycles. The number of nitrogens with zero attached hydrogens (tertiary/aromatic N) is 1. The Kier molecular flexibility index (Phi) is 4.94. The predicted octanol–water partition coefficient (Wildman–Crippen LogP) is 5.42. The summed E-state index contributed by atoms with van der Waals surface area (Å²) in [6, 6.07) is 23.5. The minimum atomic E-state index is -0.0965. The zero-order chi connectivity index (χ0) is 18.6. The molecule has 134 valence electrons. The highest BCUT2D eigenvalue weighted by Crippen LogP contribution is 2.23. The second-order valence-corrected chi connectivity index (χ2v) is 7.28.